The smallest absolute Gasteiger partial charge is 0.276 e. The fourth-order valence-corrected chi connectivity index (χ4v) is 3.27. The Labute approximate surface area is 119 Å². The van der Waals surface area contributed by atoms with Crippen LogP contribution < -0.4 is 0 Å². The molecule has 0 aliphatic carbocycles. The summed E-state index contributed by atoms with van der Waals surface area (Å²) in [7, 11) is -2.09. The summed E-state index contributed by atoms with van der Waals surface area (Å²) >= 11 is 5.62. The lowest BCUT2D eigenvalue weighted by molar-refractivity contribution is 0.174. The molecule has 0 saturated carbocycles. The molecule has 0 spiro atoms. The third-order valence-electron chi connectivity index (χ3n) is 2.48. The summed E-state index contributed by atoms with van der Waals surface area (Å²) in [4.78, 5) is 0. The number of sulfonamides is 1. The van der Waals surface area contributed by atoms with Crippen LogP contribution in [0.1, 0.15) is 19.6 Å². The molecule has 0 aliphatic rings. The van der Waals surface area contributed by atoms with Crippen molar-refractivity contribution in [3.05, 3.63) is 17.9 Å². The van der Waals surface area contributed by atoms with Gasteiger partial charge in [0.25, 0.3) is 10.0 Å². The molecule has 1 aromatic heterocycles. The van der Waals surface area contributed by atoms with Gasteiger partial charge in [-0.2, -0.15) is 4.31 Å². The Morgan fingerprint density at radius 2 is 2.11 bits per heavy atom. The first kappa shape index (κ1) is 16.5. The van der Waals surface area contributed by atoms with E-state index >= 15 is 0 Å². The normalized spacial score (nSPS) is 12.5. The van der Waals surface area contributed by atoms with Crippen molar-refractivity contribution in [1.82, 2.24) is 4.31 Å². The molecule has 1 aromatic rings. The topological polar surface area (TPSA) is 59.8 Å². The standard InChI is InChI=1S/C12H20ClNO4S/c1-10(2)9-14(6-7-17-3)19(15,16)12-5-4-11(8-13)18-12/h4-5,10H,6-9H2,1-3H3. The molecule has 19 heavy (non-hydrogen) atoms. The van der Waals surface area contributed by atoms with E-state index in [0.717, 1.165) is 0 Å². The molecule has 7 heteroatoms. The predicted octanol–water partition coefficient (Wildman–Crippen LogP) is 2.31. The van der Waals surface area contributed by atoms with Crippen molar-refractivity contribution in [2.24, 2.45) is 5.92 Å². The van der Waals surface area contributed by atoms with Gasteiger partial charge < -0.3 is 9.15 Å². The lowest BCUT2D eigenvalue weighted by atomic mass is 10.2. The third kappa shape index (κ3) is 4.49. The summed E-state index contributed by atoms with van der Waals surface area (Å²) in [5, 5.41) is -0.0695. The molecule has 0 radical (unpaired) electrons. The average molecular weight is 310 g/mol. The van der Waals surface area contributed by atoms with Gasteiger partial charge in [0, 0.05) is 20.2 Å². The van der Waals surface area contributed by atoms with Gasteiger partial charge in [-0.1, -0.05) is 13.8 Å². The zero-order valence-corrected chi connectivity index (χ0v) is 13.0. The number of hydrogen-bond donors (Lipinski definition) is 0. The molecule has 110 valence electrons. The van der Waals surface area contributed by atoms with Crippen molar-refractivity contribution >= 4 is 21.6 Å². The van der Waals surface area contributed by atoms with Gasteiger partial charge >= 0.3 is 0 Å². The van der Waals surface area contributed by atoms with Gasteiger partial charge in [0.15, 0.2) is 0 Å². The van der Waals surface area contributed by atoms with E-state index in [9.17, 15) is 8.42 Å². The highest BCUT2D eigenvalue weighted by Crippen LogP contribution is 2.20. The Balaban J connectivity index is 2.96. The van der Waals surface area contributed by atoms with Gasteiger partial charge in [-0.05, 0) is 18.1 Å². The maximum Gasteiger partial charge on any atom is 0.276 e. The maximum atomic E-state index is 12.4. The molecule has 5 nitrogen and oxygen atoms in total. The van der Waals surface area contributed by atoms with E-state index in [1.807, 2.05) is 13.8 Å². The van der Waals surface area contributed by atoms with E-state index in [-0.39, 0.29) is 16.9 Å². The molecule has 0 fully saturated rings. The molecule has 0 saturated heterocycles. The lowest BCUT2D eigenvalue weighted by Crippen LogP contribution is -2.36. The van der Waals surface area contributed by atoms with Crippen molar-refractivity contribution in [3.63, 3.8) is 0 Å². The highest BCUT2D eigenvalue weighted by molar-refractivity contribution is 7.89. The minimum Gasteiger partial charge on any atom is -0.447 e. The Hall–Kier alpha value is -0.560. The zero-order valence-electron chi connectivity index (χ0n) is 11.4. The Morgan fingerprint density at radius 1 is 1.42 bits per heavy atom. The summed E-state index contributed by atoms with van der Waals surface area (Å²) < 4.78 is 36.4. The number of ether oxygens (including phenoxy) is 1. The number of nitrogens with zero attached hydrogens (tertiary/aromatic N) is 1. The van der Waals surface area contributed by atoms with Gasteiger partial charge in [0.1, 0.15) is 5.76 Å². The minimum atomic E-state index is -3.63. The summed E-state index contributed by atoms with van der Waals surface area (Å²) in [5.74, 6) is 0.809. The van der Waals surface area contributed by atoms with E-state index in [0.29, 0.717) is 25.5 Å². The monoisotopic (exact) mass is 309 g/mol. The summed E-state index contributed by atoms with van der Waals surface area (Å²) in [5.41, 5.74) is 0. The molecule has 0 amide bonds. The number of halogens is 1. The highest BCUT2D eigenvalue weighted by Gasteiger charge is 2.28. The molecule has 0 N–H and O–H groups in total. The minimum absolute atomic E-state index is 0.0695. The molecule has 0 aliphatic heterocycles. The van der Waals surface area contributed by atoms with Crippen LogP contribution in [0.25, 0.3) is 0 Å². The first-order valence-corrected chi connectivity index (χ1v) is 8.03. The van der Waals surface area contributed by atoms with E-state index in [2.05, 4.69) is 0 Å². The Kier molecular flexibility index (Phi) is 6.32. The number of methoxy groups -OCH3 is 1. The van der Waals surface area contributed by atoms with E-state index in [4.69, 9.17) is 20.8 Å². The molecule has 1 heterocycles. The molecule has 0 aromatic carbocycles. The van der Waals surface area contributed by atoms with Crippen molar-refractivity contribution in [1.29, 1.82) is 0 Å². The second-order valence-corrected chi connectivity index (χ2v) is 6.74. The first-order valence-electron chi connectivity index (χ1n) is 6.05. The van der Waals surface area contributed by atoms with Crippen molar-refractivity contribution < 1.29 is 17.6 Å². The first-order chi connectivity index (χ1) is 8.91. The molecule has 0 atom stereocenters. The number of hydrogen-bond acceptors (Lipinski definition) is 4. The lowest BCUT2D eigenvalue weighted by Gasteiger charge is -2.22. The van der Waals surface area contributed by atoms with Gasteiger partial charge in [-0.25, -0.2) is 8.42 Å². The average Bonchev–Trinajstić information content (AvgIpc) is 2.83. The van der Waals surface area contributed by atoms with Gasteiger partial charge in [-0.15, -0.1) is 11.6 Å². The molecular weight excluding hydrogens is 290 g/mol. The van der Waals surface area contributed by atoms with Crippen molar-refractivity contribution in [2.75, 3.05) is 26.8 Å². The van der Waals surface area contributed by atoms with E-state index in [1.54, 1.807) is 13.2 Å². The third-order valence-corrected chi connectivity index (χ3v) is 4.48. The van der Waals surface area contributed by atoms with Gasteiger partial charge in [0.2, 0.25) is 5.09 Å². The molecule has 1 rings (SSSR count). The van der Waals surface area contributed by atoms with Crippen LogP contribution in [-0.2, 0) is 20.6 Å². The molecule has 0 bridgehead atoms. The Bertz CT molecular complexity index is 484. The maximum absolute atomic E-state index is 12.4. The van der Waals surface area contributed by atoms with Crippen LogP contribution in [0, 0.1) is 5.92 Å². The molecule has 0 unspecified atom stereocenters. The van der Waals surface area contributed by atoms with Crippen LogP contribution in [0.3, 0.4) is 0 Å². The number of alkyl halides is 1. The number of furan rings is 1. The SMILES string of the molecule is COCCN(CC(C)C)S(=O)(=O)c1ccc(CCl)o1. The fourth-order valence-electron chi connectivity index (χ4n) is 1.61. The van der Waals surface area contributed by atoms with Crippen molar-refractivity contribution in [3.8, 4) is 0 Å². The van der Waals surface area contributed by atoms with Gasteiger partial charge in [-0.3, -0.25) is 0 Å². The number of rotatable bonds is 8. The Morgan fingerprint density at radius 3 is 2.58 bits per heavy atom. The summed E-state index contributed by atoms with van der Waals surface area (Å²) in [6.07, 6.45) is 0. The predicted molar refractivity (Wildman–Crippen MR) is 73.7 cm³/mol. The second-order valence-electron chi connectivity index (χ2n) is 4.60. The van der Waals surface area contributed by atoms with E-state index in [1.165, 1.54) is 10.4 Å². The zero-order chi connectivity index (χ0) is 14.5. The van der Waals surface area contributed by atoms with E-state index < -0.39 is 10.0 Å². The van der Waals surface area contributed by atoms with Crippen LogP contribution in [0.2, 0.25) is 0 Å². The molecular formula is C12H20ClNO4S. The fraction of sp³-hybridized carbons (Fsp3) is 0.667. The van der Waals surface area contributed by atoms with Crippen LogP contribution in [-0.4, -0.2) is 39.5 Å². The van der Waals surface area contributed by atoms with Crippen molar-refractivity contribution in [2.45, 2.75) is 24.8 Å². The quantitative estimate of drug-likeness (QED) is 0.691. The summed E-state index contributed by atoms with van der Waals surface area (Å²) in [6.45, 7) is 4.98. The van der Waals surface area contributed by atoms with Crippen LogP contribution in [0.5, 0.6) is 0 Å². The largest absolute Gasteiger partial charge is 0.447 e. The van der Waals surface area contributed by atoms with Crippen LogP contribution >= 0.6 is 11.6 Å². The van der Waals surface area contributed by atoms with Crippen LogP contribution in [0.4, 0.5) is 0 Å². The van der Waals surface area contributed by atoms with Crippen LogP contribution in [0.15, 0.2) is 21.6 Å². The summed E-state index contributed by atoms with van der Waals surface area (Å²) in [6, 6.07) is 3.01. The van der Waals surface area contributed by atoms with Gasteiger partial charge in [0.05, 0.1) is 12.5 Å². The second kappa shape index (κ2) is 7.28. The highest BCUT2D eigenvalue weighted by atomic mass is 35.5.